The molecule has 2 atom stereocenters. The van der Waals surface area contributed by atoms with Gasteiger partial charge in [0.15, 0.2) is 9.84 Å². The average Bonchev–Trinajstić information content (AvgIpc) is 2.56. The zero-order chi connectivity index (χ0) is 16.3. The second-order valence-electron chi connectivity index (χ2n) is 6.18. The molecule has 2 aromatic rings. The van der Waals surface area contributed by atoms with Crippen LogP contribution in [0.2, 0.25) is 0 Å². The van der Waals surface area contributed by atoms with E-state index in [1.807, 2.05) is 49.4 Å². The minimum atomic E-state index is -3.31. The Morgan fingerprint density at radius 2 is 1.70 bits per heavy atom. The molecule has 0 N–H and O–H groups in total. The molecular weight excluding hydrogens is 308 g/mol. The van der Waals surface area contributed by atoms with Gasteiger partial charge in [0.25, 0.3) is 0 Å². The van der Waals surface area contributed by atoms with Crippen molar-refractivity contribution < 1.29 is 13.2 Å². The van der Waals surface area contributed by atoms with Gasteiger partial charge < -0.3 is 4.74 Å². The summed E-state index contributed by atoms with van der Waals surface area (Å²) in [5, 5.41) is 0. The highest BCUT2D eigenvalue weighted by molar-refractivity contribution is 7.91. The third-order valence-electron chi connectivity index (χ3n) is 4.31. The molecule has 1 heterocycles. The van der Waals surface area contributed by atoms with Crippen LogP contribution in [-0.2, 0) is 14.6 Å². The highest BCUT2D eigenvalue weighted by Gasteiger charge is 2.28. The van der Waals surface area contributed by atoms with Gasteiger partial charge in [-0.05, 0) is 43.9 Å². The van der Waals surface area contributed by atoms with E-state index in [9.17, 15) is 8.42 Å². The fourth-order valence-corrected chi connectivity index (χ4v) is 4.50. The summed E-state index contributed by atoms with van der Waals surface area (Å²) < 4.78 is 31.2. The minimum Gasteiger partial charge on any atom is -0.369 e. The van der Waals surface area contributed by atoms with Crippen LogP contribution in [0.5, 0.6) is 0 Å². The highest BCUT2D eigenvalue weighted by Crippen LogP contribution is 2.32. The summed E-state index contributed by atoms with van der Waals surface area (Å²) in [6.45, 7) is 1.95. The van der Waals surface area contributed by atoms with Gasteiger partial charge in [-0.3, -0.25) is 0 Å². The normalized spacial score (nSPS) is 22.0. The van der Waals surface area contributed by atoms with Crippen LogP contribution < -0.4 is 0 Å². The first-order valence-electron chi connectivity index (χ1n) is 8.04. The van der Waals surface area contributed by atoms with Gasteiger partial charge in [0.2, 0.25) is 0 Å². The Bertz CT molecular complexity index is 736. The predicted octanol–water partition coefficient (Wildman–Crippen LogP) is 4.08. The van der Waals surface area contributed by atoms with Crippen molar-refractivity contribution in [2.75, 3.05) is 5.75 Å². The molecule has 0 unspecified atom stereocenters. The number of benzene rings is 2. The summed E-state index contributed by atoms with van der Waals surface area (Å²) in [6.07, 6.45) is 2.51. The van der Waals surface area contributed by atoms with Crippen LogP contribution in [0.15, 0.2) is 59.5 Å². The SMILES string of the molecule is Cc1ccc(S(=O)(=O)C[C@@H]2CCC[C@H](c3ccccc3)O2)cc1. The molecule has 0 radical (unpaired) electrons. The first-order chi connectivity index (χ1) is 11.0. The van der Waals surface area contributed by atoms with Crippen LogP contribution in [0.3, 0.4) is 0 Å². The summed E-state index contributed by atoms with van der Waals surface area (Å²) in [4.78, 5) is 0.383. The van der Waals surface area contributed by atoms with Gasteiger partial charge in [-0.1, -0.05) is 48.0 Å². The molecule has 4 heteroatoms. The lowest BCUT2D eigenvalue weighted by atomic mass is 9.99. The van der Waals surface area contributed by atoms with E-state index in [-0.39, 0.29) is 18.0 Å². The molecule has 1 aliphatic heterocycles. The van der Waals surface area contributed by atoms with Crippen molar-refractivity contribution >= 4 is 9.84 Å². The first-order valence-corrected chi connectivity index (χ1v) is 9.70. The van der Waals surface area contributed by atoms with Gasteiger partial charge in [-0.2, -0.15) is 0 Å². The lowest BCUT2D eigenvalue weighted by molar-refractivity contribution is -0.0396. The van der Waals surface area contributed by atoms with E-state index >= 15 is 0 Å². The fourth-order valence-electron chi connectivity index (χ4n) is 3.02. The lowest BCUT2D eigenvalue weighted by Crippen LogP contribution is -2.29. The van der Waals surface area contributed by atoms with Crippen LogP contribution in [0.25, 0.3) is 0 Å². The summed E-state index contributed by atoms with van der Waals surface area (Å²) in [7, 11) is -3.31. The third-order valence-corrected chi connectivity index (χ3v) is 6.11. The van der Waals surface area contributed by atoms with Crippen molar-refractivity contribution in [3.63, 3.8) is 0 Å². The number of rotatable bonds is 4. The molecule has 3 nitrogen and oxygen atoms in total. The fraction of sp³-hybridized carbons (Fsp3) is 0.368. The maximum Gasteiger partial charge on any atom is 0.180 e. The second kappa shape index (κ2) is 6.85. The number of sulfone groups is 1. The first kappa shape index (κ1) is 16.2. The van der Waals surface area contributed by atoms with Crippen LogP contribution in [0.1, 0.15) is 36.5 Å². The number of hydrogen-bond donors (Lipinski definition) is 0. The predicted molar refractivity (Wildman–Crippen MR) is 91.1 cm³/mol. The molecular formula is C19H22O3S. The van der Waals surface area contributed by atoms with Gasteiger partial charge in [0.05, 0.1) is 22.9 Å². The van der Waals surface area contributed by atoms with Crippen molar-refractivity contribution in [1.82, 2.24) is 0 Å². The monoisotopic (exact) mass is 330 g/mol. The maximum absolute atomic E-state index is 12.6. The zero-order valence-electron chi connectivity index (χ0n) is 13.3. The Morgan fingerprint density at radius 1 is 1.00 bits per heavy atom. The van der Waals surface area contributed by atoms with E-state index in [4.69, 9.17) is 4.74 Å². The van der Waals surface area contributed by atoms with Gasteiger partial charge in [-0.15, -0.1) is 0 Å². The molecule has 0 saturated carbocycles. The highest BCUT2D eigenvalue weighted by atomic mass is 32.2. The maximum atomic E-state index is 12.6. The van der Waals surface area contributed by atoms with Crippen LogP contribution >= 0.6 is 0 Å². The Kier molecular flexibility index (Phi) is 4.83. The van der Waals surface area contributed by atoms with E-state index in [2.05, 4.69) is 0 Å². The molecule has 2 aromatic carbocycles. The van der Waals surface area contributed by atoms with Crippen molar-refractivity contribution in [3.05, 3.63) is 65.7 Å². The van der Waals surface area contributed by atoms with Crippen molar-refractivity contribution in [1.29, 1.82) is 0 Å². The van der Waals surface area contributed by atoms with Crippen LogP contribution in [-0.4, -0.2) is 20.3 Å². The van der Waals surface area contributed by atoms with Gasteiger partial charge in [0, 0.05) is 0 Å². The molecule has 1 aliphatic rings. The Labute approximate surface area is 138 Å². The largest absolute Gasteiger partial charge is 0.369 e. The molecule has 0 aliphatic carbocycles. The van der Waals surface area contributed by atoms with Crippen molar-refractivity contribution in [2.24, 2.45) is 0 Å². The smallest absolute Gasteiger partial charge is 0.180 e. The summed E-state index contributed by atoms with van der Waals surface area (Å²) >= 11 is 0. The van der Waals surface area contributed by atoms with E-state index in [1.54, 1.807) is 12.1 Å². The molecule has 3 rings (SSSR count). The molecule has 0 amide bonds. The number of aryl methyl sites for hydroxylation is 1. The average molecular weight is 330 g/mol. The molecule has 0 aromatic heterocycles. The van der Waals surface area contributed by atoms with Crippen molar-refractivity contribution in [2.45, 2.75) is 43.3 Å². The van der Waals surface area contributed by atoms with Crippen molar-refractivity contribution in [3.8, 4) is 0 Å². The Balaban J connectivity index is 1.71. The second-order valence-corrected chi connectivity index (χ2v) is 8.22. The topological polar surface area (TPSA) is 43.4 Å². The Hall–Kier alpha value is -1.65. The molecule has 23 heavy (non-hydrogen) atoms. The van der Waals surface area contributed by atoms with E-state index in [0.717, 1.165) is 30.4 Å². The third kappa shape index (κ3) is 4.01. The van der Waals surface area contributed by atoms with Gasteiger partial charge in [0.1, 0.15) is 0 Å². The minimum absolute atomic E-state index is 0.00293. The zero-order valence-corrected chi connectivity index (χ0v) is 14.1. The quantitative estimate of drug-likeness (QED) is 0.848. The van der Waals surface area contributed by atoms with Crippen LogP contribution in [0, 0.1) is 6.92 Å². The number of ether oxygens (including phenoxy) is 1. The van der Waals surface area contributed by atoms with E-state index in [1.165, 1.54) is 0 Å². The standard InChI is InChI=1S/C19H22O3S/c1-15-10-12-18(13-11-15)23(20,21)14-17-8-5-9-19(22-17)16-6-3-2-4-7-16/h2-4,6-7,10-13,17,19H,5,8-9,14H2,1H3/t17-,19+/m0/s1. The Morgan fingerprint density at radius 3 is 2.39 bits per heavy atom. The van der Waals surface area contributed by atoms with E-state index in [0.29, 0.717) is 4.90 Å². The molecule has 0 bridgehead atoms. The number of hydrogen-bond acceptors (Lipinski definition) is 3. The van der Waals surface area contributed by atoms with E-state index < -0.39 is 9.84 Å². The van der Waals surface area contributed by atoms with Gasteiger partial charge >= 0.3 is 0 Å². The van der Waals surface area contributed by atoms with Crippen LogP contribution in [0.4, 0.5) is 0 Å². The molecule has 1 saturated heterocycles. The molecule has 0 spiro atoms. The lowest BCUT2D eigenvalue weighted by Gasteiger charge is -2.30. The molecule has 122 valence electrons. The summed E-state index contributed by atoms with van der Waals surface area (Å²) in [5.41, 5.74) is 2.19. The van der Waals surface area contributed by atoms with Gasteiger partial charge in [-0.25, -0.2) is 8.42 Å². The molecule has 1 fully saturated rings. The summed E-state index contributed by atoms with van der Waals surface area (Å²) in [6, 6.07) is 17.1. The summed E-state index contributed by atoms with van der Waals surface area (Å²) in [5.74, 6) is 0.0550.